The fraction of sp³-hybridized carbons (Fsp3) is 0.545. The molecular weight excluding hydrogens is 520 g/mol. The van der Waals surface area contributed by atoms with Crippen molar-refractivity contribution in [2.75, 3.05) is 40.9 Å². The number of fused-ring (bicyclic) bond motifs is 2. The van der Waals surface area contributed by atoms with Crippen LogP contribution in [0.3, 0.4) is 0 Å². The molecule has 5 rings (SSSR count). The van der Waals surface area contributed by atoms with Gasteiger partial charge in [-0.15, -0.1) is 0 Å². The van der Waals surface area contributed by atoms with Crippen LogP contribution in [0.5, 0.6) is 11.5 Å². The Hall–Kier alpha value is -3.39. The van der Waals surface area contributed by atoms with Crippen molar-refractivity contribution < 1.29 is 33.1 Å². The predicted molar refractivity (Wildman–Crippen MR) is 155 cm³/mol. The largest absolute Gasteiger partial charge is 0.465 e. The van der Waals surface area contributed by atoms with E-state index in [0.717, 1.165) is 36.3 Å². The molecule has 220 valence electrons. The molecule has 8 nitrogen and oxygen atoms in total. The smallest absolute Gasteiger partial charge is 0.337 e. The number of carbonyl (C=O) groups is 3. The van der Waals surface area contributed by atoms with Gasteiger partial charge in [-0.05, 0) is 49.2 Å². The summed E-state index contributed by atoms with van der Waals surface area (Å²) in [5.41, 5.74) is 1.81. The number of nitrogens with one attached hydrogen (secondary N) is 1. The topological polar surface area (TPSA) is 90.9 Å². The van der Waals surface area contributed by atoms with E-state index in [1.54, 1.807) is 36.4 Å². The Balaban J connectivity index is 1.34. The summed E-state index contributed by atoms with van der Waals surface area (Å²) in [5.74, 6) is -0.0906. The zero-order chi connectivity index (χ0) is 29.0. The Kier molecular flexibility index (Phi) is 8.97. The first-order chi connectivity index (χ1) is 19.8. The molecule has 2 aliphatic heterocycles. The third kappa shape index (κ3) is 6.58. The fourth-order valence-electron chi connectivity index (χ4n) is 6.94. The third-order valence-corrected chi connectivity index (χ3v) is 9.27. The van der Waals surface area contributed by atoms with Gasteiger partial charge >= 0.3 is 11.9 Å². The van der Waals surface area contributed by atoms with Gasteiger partial charge in [0, 0.05) is 35.9 Å². The Morgan fingerprint density at radius 3 is 1.83 bits per heavy atom. The van der Waals surface area contributed by atoms with Gasteiger partial charge in [-0.25, -0.2) is 9.59 Å². The van der Waals surface area contributed by atoms with Crippen LogP contribution >= 0.6 is 0 Å². The van der Waals surface area contributed by atoms with Crippen LogP contribution in [0.15, 0.2) is 36.4 Å². The van der Waals surface area contributed by atoms with E-state index in [2.05, 4.69) is 12.4 Å². The number of rotatable bonds is 6. The molecule has 0 atom stereocenters. The standard InChI is InChI=1S/C33H42N2O6/c1-35(21-22-9-7-5-4-6-8-10-22)17-15-25(16-18-35)34-31(36)30-26-19-23(32(37)39-2)11-13-28(26)41-29-14-12-24(20-27(29)30)33(38)40-3/h11-14,19-20,22,25,30H,4-10,15-18,21H2,1-3H3/p+1. The average Bonchev–Trinajstić information content (AvgIpc) is 2.97. The highest BCUT2D eigenvalue weighted by atomic mass is 16.5. The third-order valence-electron chi connectivity index (χ3n) is 9.27. The van der Waals surface area contributed by atoms with Crippen LogP contribution < -0.4 is 10.1 Å². The second-order valence-corrected chi connectivity index (χ2v) is 12.3. The lowest BCUT2D eigenvalue weighted by molar-refractivity contribution is -0.917. The van der Waals surface area contributed by atoms with E-state index in [0.29, 0.717) is 33.8 Å². The summed E-state index contributed by atoms with van der Waals surface area (Å²) in [4.78, 5) is 38.7. The lowest BCUT2D eigenvalue weighted by atomic mass is 9.85. The van der Waals surface area contributed by atoms with E-state index in [4.69, 9.17) is 14.2 Å². The average molecular weight is 564 g/mol. The van der Waals surface area contributed by atoms with Gasteiger partial charge in [0.2, 0.25) is 5.91 Å². The van der Waals surface area contributed by atoms with Gasteiger partial charge in [-0.1, -0.05) is 32.1 Å². The van der Waals surface area contributed by atoms with Crippen LogP contribution in [-0.2, 0) is 14.3 Å². The number of quaternary nitrogens is 1. The number of methoxy groups -OCH3 is 2. The normalized spacial score (nSPS) is 23.1. The molecule has 2 aromatic rings. The highest BCUT2D eigenvalue weighted by Gasteiger charge is 2.38. The molecule has 1 amide bonds. The summed E-state index contributed by atoms with van der Waals surface area (Å²) >= 11 is 0. The zero-order valence-electron chi connectivity index (χ0n) is 24.6. The Morgan fingerprint density at radius 1 is 0.805 bits per heavy atom. The van der Waals surface area contributed by atoms with Crippen molar-refractivity contribution in [3.8, 4) is 11.5 Å². The molecule has 2 heterocycles. The maximum Gasteiger partial charge on any atom is 0.337 e. The zero-order valence-corrected chi connectivity index (χ0v) is 24.6. The number of piperidine rings is 1. The van der Waals surface area contributed by atoms with Crippen molar-refractivity contribution in [2.45, 2.75) is 69.7 Å². The molecular formula is C33H43N2O6+. The number of ether oxygens (including phenoxy) is 3. The number of carbonyl (C=O) groups excluding carboxylic acids is 3. The number of amides is 1. The number of esters is 2. The highest BCUT2D eigenvalue weighted by Crippen LogP contribution is 2.45. The van der Waals surface area contributed by atoms with Crippen LogP contribution in [0.25, 0.3) is 0 Å². The molecule has 1 N–H and O–H groups in total. The molecule has 0 aromatic heterocycles. The van der Waals surface area contributed by atoms with Crippen LogP contribution in [0.4, 0.5) is 0 Å². The lowest BCUT2D eigenvalue weighted by Crippen LogP contribution is -2.56. The number of likely N-dealkylation sites (tertiary alicyclic amines) is 1. The van der Waals surface area contributed by atoms with E-state index < -0.39 is 17.9 Å². The van der Waals surface area contributed by atoms with Crippen LogP contribution in [-0.4, -0.2) is 69.3 Å². The minimum absolute atomic E-state index is 0.0633. The minimum atomic E-state index is -0.749. The van der Waals surface area contributed by atoms with Crippen molar-refractivity contribution >= 4 is 17.8 Å². The van der Waals surface area contributed by atoms with E-state index in [9.17, 15) is 14.4 Å². The molecule has 2 fully saturated rings. The number of nitrogens with zero attached hydrogens (tertiary/aromatic N) is 1. The number of hydrogen-bond acceptors (Lipinski definition) is 6. The lowest BCUT2D eigenvalue weighted by Gasteiger charge is -2.43. The van der Waals surface area contributed by atoms with Crippen LogP contribution in [0.1, 0.15) is 95.5 Å². The molecule has 0 spiro atoms. The first kappa shape index (κ1) is 29.1. The Bertz CT molecular complexity index is 1210. The molecule has 0 radical (unpaired) electrons. The molecule has 1 saturated carbocycles. The molecule has 8 heteroatoms. The van der Waals surface area contributed by atoms with Gasteiger partial charge in [0.05, 0.1) is 57.9 Å². The van der Waals surface area contributed by atoms with E-state index in [1.807, 2.05) is 0 Å². The van der Waals surface area contributed by atoms with Crippen molar-refractivity contribution in [3.63, 3.8) is 0 Å². The van der Waals surface area contributed by atoms with Gasteiger partial charge in [0.15, 0.2) is 0 Å². The first-order valence-corrected chi connectivity index (χ1v) is 15.1. The summed E-state index contributed by atoms with van der Waals surface area (Å²) in [6.07, 6.45) is 11.4. The van der Waals surface area contributed by atoms with Gasteiger partial charge < -0.3 is 24.0 Å². The maximum atomic E-state index is 14.0. The number of hydrogen-bond donors (Lipinski definition) is 1. The second kappa shape index (κ2) is 12.6. The molecule has 0 unspecified atom stereocenters. The first-order valence-electron chi connectivity index (χ1n) is 15.1. The number of benzene rings is 2. The van der Waals surface area contributed by atoms with Gasteiger partial charge in [0.1, 0.15) is 11.5 Å². The fourth-order valence-corrected chi connectivity index (χ4v) is 6.94. The van der Waals surface area contributed by atoms with Crippen molar-refractivity contribution in [1.82, 2.24) is 5.32 Å². The molecule has 2 aromatic carbocycles. The highest BCUT2D eigenvalue weighted by molar-refractivity contribution is 5.95. The van der Waals surface area contributed by atoms with Crippen molar-refractivity contribution in [2.24, 2.45) is 5.92 Å². The SMILES string of the molecule is COC(=O)c1ccc2c(c1)C(C(=O)NC1CC[N+](C)(CC3CCCCCCC3)CC1)c1cc(C(=O)OC)ccc1O2. The summed E-state index contributed by atoms with van der Waals surface area (Å²) in [5, 5.41) is 3.32. The molecule has 1 aliphatic carbocycles. The Labute approximate surface area is 242 Å². The van der Waals surface area contributed by atoms with Crippen LogP contribution in [0.2, 0.25) is 0 Å². The molecule has 3 aliphatic rings. The van der Waals surface area contributed by atoms with Crippen molar-refractivity contribution in [1.29, 1.82) is 0 Å². The maximum absolute atomic E-state index is 14.0. The van der Waals surface area contributed by atoms with E-state index in [-0.39, 0.29) is 11.9 Å². The van der Waals surface area contributed by atoms with E-state index in [1.165, 1.54) is 65.7 Å². The predicted octanol–water partition coefficient (Wildman–Crippen LogP) is 5.58. The summed E-state index contributed by atoms with van der Waals surface area (Å²) in [6.45, 7) is 3.32. The van der Waals surface area contributed by atoms with Crippen LogP contribution in [0, 0.1) is 5.92 Å². The minimum Gasteiger partial charge on any atom is -0.465 e. The molecule has 1 saturated heterocycles. The molecule has 0 bridgehead atoms. The van der Waals surface area contributed by atoms with Crippen molar-refractivity contribution in [3.05, 3.63) is 58.7 Å². The monoisotopic (exact) mass is 563 g/mol. The molecule has 41 heavy (non-hydrogen) atoms. The summed E-state index contributed by atoms with van der Waals surface area (Å²) < 4.78 is 17.0. The summed E-state index contributed by atoms with van der Waals surface area (Å²) in [6, 6.07) is 10.0. The summed E-state index contributed by atoms with van der Waals surface area (Å²) in [7, 11) is 5.03. The Morgan fingerprint density at radius 2 is 1.32 bits per heavy atom. The van der Waals surface area contributed by atoms with Gasteiger partial charge in [0.25, 0.3) is 0 Å². The second-order valence-electron chi connectivity index (χ2n) is 12.3. The van der Waals surface area contributed by atoms with Gasteiger partial charge in [-0.2, -0.15) is 0 Å². The van der Waals surface area contributed by atoms with E-state index >= 15 is 0 Å². The quantitative estimate of drug-likeness (QED) is 0.364. The van der Waals surface area contributed by atoms with Gasteiger partial charge in [-0.3, -0.25) is 4.79 Å².